The van der Waals surface area contributed by atoms with E-state index in [1.165, 1.54) is 11.3 Å². The maximum Gasteiger partial charge on any atom is 0.207 e. The first kappa shape index (κ1) is 23.5. The van der Waals surface area contributed by atoms with Crippen LogP contribution in [0.1, 0.15) is 6.92 Å². The van der Waals surface area contributed by atoms with Gasteiger partial charge in [0, 0.05) is 62.7 Å². The van der Waals surface area contributed by atoms with Gasteiger partial charge < -0.3 is 20.3 Å². The summed E-state index contributed by atoms with van der Waals surface area (Å²) in [4.78, 5) is 31.7. The molecular formula is C24H27N7O2S. The summed E-state index contributed by atoms with van der Waals surface area (Å²) >= 11 is 1.48. The number of anilines is 3. The molecule has 1 atom stereocenters. The van der Waals surface area contributed by atoms with Gasteiger partial charge in [0.15, 0.2) is 5.13 Å². The fraction of sp³-hybridized carbons (Fsp3) is 0.292. The van der Waals surface area contributed by atoms with Crippen molar-refractivity contribution >= 4 is 44.7 Å². The first-order chi connectivity index (χ1) is 16.7. The third-order valence-corrected chi connectivity index (χ3v) is 6.05. The second kappa shape index (κ2) is 11.5. The van der Waals surface area contributed by atoms with Crippen molar-refractivity contribution in [1.82, 2.24) is 25.3 Å². The van der Waals surface area contributed by atoms with Gasteiger partial charge in [0.2, 0.25) is 6.41 Å². The predicted molar refractivity (Wildman–Crippen MR) is 135 cm³/mol. The zero-order valence-corrected chi connectivity index (χ0v) is 20.0. The Labute approximate surface area is 202 Å². The zero-order valence-electron chi connectivity index (χ0n) is 19.1. The van der Waals surface area contributed by atoms with Gasteiger partial charge in [0.25, 0.3) is 0 Å². The molecule has 4 aromatic rings. The molecule has 0 aliphatic carbocycles. The Kier molecular flexibility index (Phi) is 7.95. The highest BCUT2D eigenvalue weighted by atomic mass is 32.1. The number of thiazole rings is 1. The number of amides is 1. The second-order valence-electron chi connectivity index (χ2n) is 7.88. The molecule has 9 nitrogen and oxygen atoms in total. The molecule has 1 amide bonds. The molecule has 0 unspecified atom stereocenters. The van der Waals surface area contributed by atoms with Crippen molar-refractivity contribution < 1.29 is 9.53 Å². The van der Waals surface area contributed by atoms with E-state index in [0.29, 0.717) is 31.4 Å². The van der Waals surface area contributed by atoms with Crippen molar-refractivity contribution in [1.29, 1.82) is 0 Å². The predicted octanol–water partition coefficient (Wildman–Crippen LogP) is 3.73. The molecule has 4 rings (SSSR count). The number of methoxy groups -OCH3 is 1. The summed E-state index contributed by atoms with van der Waals surface area (Å²) in [7, 11) is 1.70. The van der Waals surface area contributed by atoms with Gasteiger partial charge in [-0.25, -0.2) is 15.0 Å². The molecule has 0 aliphatic rings. The molecule has 0 spiro atoms. The number of nitrogens with one attached hydrogen (secondary N) is 2. The second-order valence-corrected chi connectivity index (χ2v) is 8.86. The molecule has 0 aliphatic heterocycles. The highest BCUT2D eigenvalue weighted by molar-refractivity contribution is 7.21. The third-order valence-electron chi connectivity index (χ3n) is 5.17. The monoisotopic (exact) mass is 477 g/mol. The number of rotatable bonds is 12. The normalized spacial score (nSPS) is 11.8. The van der Waals surface area contributed by atoms with Crippen molar-refractivity contribution in [2.75, 3.05) is 43.6 Å². The third kappa shape index (κ3) is 6.03. The van der Waals surface area contributed by atoms with Crippen LogP contribution in [-0.2, 0) is 9.53 Å². The fourth-order valence-corrected chi connectivity index (χ4v) is 4.49. The van der Waals surface area contributed by atoms with Crippen molar-refractivity contribution in [3.8, 4) is 11.3 Å². The molecular weight excluding hydrogens is 450 g/mol. The number of nitrogens with zero attached hydrogens (tertiary/aromatic N) is 5. The van der Waals surface area contributed by atoms with Crippen LogP contribution in [0.2, 0.25) is 0 Å². The van der Waals surface area contributed by atoms with Crippen molar-refractivity contribution in [2.24, 2.45) is 5.92 Å². The minimum Gasteiger partial charge on any atom is -0.384 e. The smallest absolute Gasteiger partial charge is 0.207 e. The molecule has 0 fully saturated rings. The van der Waals surface area contributed by atoms with Gasteiger partial charge in [0.05, 0.1) is 12.3 Å². The van der Waals surface area contributed by atoms with Crippen LogP contribution in [0.4, 0.5) is 16.6 Å². The van der Waals surface area contributed by atoms with Crippen LogP contribution < -0.4 is 15.5 Å². The van der Waals surface area contributed by atoms with Crippen LogP contribution >= 0.6 is 11.3 Å². The molecule has 10 heteroatoms. The summed E-state index contributed by atoms with van der Waals surface area (Å²) in [5.74, 6) is 1.02. The van der Waals surface area contributed by atoms with Gasteiger partial charge in [-0.2, -0.15) is 0 Å². The average Bonchev–Trinajstić information content (AvgIpc) is 3.26. The molecule has 0 bridgehead atoms. The molecule has 4 heterocycles. The first-order valence-corrected chi connectivity index (χ1v) is 11.8. The lowest BCUT2D eigenvalue weighted by Gasteiger charge is -2.28. The molecule has 176 valence electrons. The molecule has 2 N–H and O–H groups in total. The standard InChI is InChI=1S/C24H27N7O2S/c1-17(15-33-2)14-31(12-11-26-16-32)19-7-10-27-22(13-19)30-24-29-21-4-3-20(28-23(21)34-24)18-5-8-25-9-6-18/h3-10,13,16-17H,11-12,14-15H2,1-2H3,(H,26,32)(H,27,29,30)/t17-/m0/s1. The number of fused-ring (bicyclic) bond motifs is 1. The molecule has 0 saturated carbocycles. The van der Waals surface area contributed by atoms with E-state index in [1.54, 1.807) is 25.7 Å². The Morgan fingerprint density at radius 1 is 1.15 bits per heavy atom. The quantitative estimate of drug-likeness (QED) is 0.235. The summed E-state index contributed by atoms with van der Waals surface area (Å²) in [6.07, 6.45) is 6.01. The van der Waals surface area contributed by atoms with Crippen LogP contribution in [0.5, 0.6) is 0 Å². The lowest BCUT2D eigenvalue weighted by Crippen LogP contribution is -2.36. The molecule has 0 radical (unpaired) electrons. The minimum atomic E-state index is 0.329. The number of hydrogen-bond acceptors (Lipinski definition) is 9. The maximum absolute atomic E-state index is 10.7. The summed E-state index contributed by atoms with van der Waals surface area (Å²) in [6.45, 7) is 4.82. The Balaban J connectivity index is 1.52. The summed E-state index contributed by atoms with van der Waals surface area (Å²) in [6, 6.07) is 11.8. The van der Waals surface area contributed by atoms with E-state index < -0.39 is 0 Å². The first-order valence-electron chi connectivity index (χ1n) is 11.0. The van der Waals surface area contributed by atoms with Gasteiger partial charge in [-0.3, -0.25) is 9.78 Å². The summed E-state index contributed by atoms with van der Waals surface area (Å²) in [5, 5.41) is 6.78. The van der Waals surface area contributed by atoms with Crippen molar-refractivity contribution in [2.45, 2.75) is 6.92 Å². The van der Waals surface area contributed by atoms with Crippen LogP contribution in [0, 0.1) is 5.92 Å². The zero-order chi connectivity index (χ0) is 23.8. The van der Waals surface area contributed by atoms with Crippen molar-refractivity contribution in [3.63, 3.8) is 0 Å². The number of aromatic nitrogens is 4. The Hall–Kier alpha value is -3.63. The van der Waals surface area contributed by atoms with E-state index in [2.05, 4.69) is 37.4 Å². The highest BCUT2D eigenvalue weighted by Gasteiger charge is 2.13. The molecule has 0 aromatic carbocycles. The number of carbonyl (C=O) groups is 1. The van der Waals surface area contributed by atoms with Gasteiger partial charge in [0.1, 0.15) is 16.2 Å². The topological polar surface area (TPSA) is 105 Å². The van der Waals surface area contributed by atoms with Gasteiger partial charge >= 0.3 is 0 Å². The van der Waals surface area contributed by atoms with E-state index >= 15 is 0 Å². The SMILES string of the molecule is COC[C@@H](C)CN(CCNC=O)c1ccnc(Nc2nc3ccc(-c4ccncc4)nc3s2)c1. The van der Waals surface area contributed by atoms with Gasteiger partial charge in [-0.05, 0) is 36.2 Å². The molecule has 0 saturated heterocycles. The summed E-state index contributed by atoms with van der Waals surface area (Å²) in [5.41, 5.74) is 3.74. The minimum absolute atomic E-state index is 0.329. The van der Waals surface area contributed by atoms with Gasteiger partial charge in [-0.1, -0.05) is 18.3 Å². The highest BCUT2D eigenvalue weighted by Crippen LogP contribution is 2.29. The van der Waals surface area contributed by atoms with E-state index in [-0.39, 0.29) is 0 Å². The summed E-state index contributed by atoms with van der Waals surface area (Å²) < 4.78 is 5.30. The van der Waals surface area contributed by atoms with Crippen LogP contribution in [0.25, 0.3) is 21.6 Å². The molecule has 34 heavy (non-hydrogen) atoms. The van der Waals surface area contributed by atoms with Crippen LogP contribution in [0.3, 0.4) is 0 Å². The van der Waals surface area contributed by atoms with E-state index in [1.807, 2.05) is 36.4 Å². The number of hydrogen-bond donors (Lipinski definition) is 2. The van der Waals surface area contributed by atoms with Crippen LogP contribution in [-0.4, -0.2) is 59.7 Å². The van der Waals surface area contributed by atoms with E-state index in [9.17, 15) is 4.79 Å². The average molecular weight is 478 g/mol. The fourth-order valence-electron chi connectivity index (χ4n) is 3.65. The largest absolute Gasteiger partial charge is 0.384 e. The number of ether oxygens (including phenoxy) is 1. The molecule has 4 aromatic heterocycles. The Morgan fingerprint density at radius 3 is 2.79 bits per heavy atom. The lowest BCUT2D eigenvalue weighted by molar-refractivity contribution is -0.109. The Morgan fingerprint density at radius 2 is 2.00 bits per heavy atom. The van der Waals surface area contributed by atoms with E-state index in [4.69, 9.17) is 9.72 Å². The Bertz CT molecular complexity index is 1220. The van der Waals surface area contributed by atoms with Gasteiger partial charge in [-0.15, -0.1) is 0 Å². The maximum atomic E-state index is 10.7. The van der Waals surface area contributed by atoms with Crippen LogP contribution in [0.15, 0.2) is 55.0 Å². The number of pyridine rings is 3. The number of carbonyl (C=O) groups excluding carboxylic acids is 1. The lowest BCUT2D eigenvalue weighted by atomic mass is 10.1. The van der Waals surface area contributed by atoms with Crippen molar-refractivity contribution in [3.05, 3.63) is 55.0 Å². The van der Waals surface area contributed by atoms with E-state index in [0.717, 1.165) is 45.4 Å².